The molecule has 0 saturated carbocycles. The highest BCUT2D eigenvalue weighted by molar-refractivity contribution is 5.45. The van der Waals surface area contributed by atoms with Crippen LogP contribution in [0.25, 0.3) is 0 Å². The standard InChI is InChI=1S/C24H34I.C21H28I.C18H22I.C16H18I.C15H14FINO5.C15H16IO3.C15H16I/c1-22(2,3)17-15-19(23(4,5)6)21(20(16-17)24(7,8)9)25-18-13-11-10-12-14-18;1-14(2)17-12-19(15(3)4)21(20(13-17)16(5)6)22-18-10-8-7-9-11-18;1-4-14-12-15(5-2)18(16(6-3)13-14)19-17-10-8-7-9-11-17;1-16(2,3)13-9-11-15(12-10-13)17-14-7-5-4-6-8-14;1-21-10-7-13(22-2)15(14(8-10)23-3)17-11-6-9(16)4-5-12(11)18(19)20;1-17-12-9-13(18-2)15(14(10-12)19-3)16-11-7-5-4-6-8-11;1-11-9-12(2)15(13(3)10-11)16-14-7-5-4-6-8-14/h10-16H,1-9H3;7-16H,1-6H3;7-13H,4-6H2,1-3H3;4-12H,1-3H3;4-8H,1-3H3;4-10H,1-3H3;4-10H,1-3H3/q7*+1. The number of nitro groups is 1. The molecule has 14 aromatic rings. The van der Waals surface area contributed by atoms with Gasteiger partial charge < -0.3 is 28.4 Å². The first-order valence-corrected chi connectivity index (χ1v) is 63.2. The molecule has 0 fully saturated rings. The lowest BCUT2D eigenvalue weighted by atomic mass is 9.75. The zero-order valence-corrected chi connectivity index (χ0v) is 103. The van der Waals surface area contributed by atoms with E-state index < -0.39 is 31.9 Å². The second kappa shape index (κ2) is 58.0. The monoisotopic (exact) mass is 2690 g/mol. The third-order valence-electron chi connectivity index (χ3n) is 22.6. The lowest BCUT2D eigenvalue weighted by molar-refractivity contribution is -0.606. The number of methoxy groups -OCH3 is 6. The highest BCUT2D eigenvalue weighted by Crippen LogP contribution is 2.36. The van der Waals surface area contributed by atoms with E-state index in [1.807, 2.05) is 18.2 Å². The maximum absolute atomic E-state index is 13.5. The summed E-state index contributed by atoms with van der Waals surface area (Å²) >= 11 is -1.86. The molecular formula is C124H148FI7NO8+7. The number of ether oxygens (including phenoxy) is 6. The fourth-order valence-electron chi connectivity index (χ4n) is 14.7. The molecule has 746 valence electrons. The summed E-state index contributed by atoms with van der Waals surface area (Å²) in [7, 11) is 9.47. The van der Waals surface area contributed by atoms with Gasteiger partial charge in [0.05, 0.1) is 47.6 Å². The smallest absolute Gasteiger partial charge is 0.373 e. The number of nitro benzene ring substituents is 1. The molecule has 0 aliphatic heterocycles. The first-order valence-electron chi connectivity index (χ1n) is 48.1. The van der Waals surface area contributed by atoms with Crippen LogP contribution in [0.4, 0.5) is 10.1 Å². The predicted molar refractivity (Wildman–Crippen MR) is 557 cm³/mol. The van der Waals surface area contributed by atoms with Crippen molar-refractivity contribution in [2.75, 3.05) is 42.7 Å². The molecule has 0 amide bonds. The van der Waals surface area contributed by atoms with E-state index in [0.29, 0.717) is 42.1 Å². The molecule has 141 heavy (non-hydrogen) atoms. The van der Waals surface area contributed by atoms with E-state index in [1.54, 1.807) is 81.1 Å². The number of hydrogen-bond acceptors (Lipinski definition) is 8. The second-order valence-electron chi connectivity index (χ2n) is 38.9. The van der Waals surface area contributed by atoms with Gasteiger partial charge in [-0.05, 0) is 193 Å². The van der Waals surface area contributed by atoms with E-state index in [0.717, 1.165) is 46.1 Å². The van der Waals surface area contributed by atoms with Gasteiger partial charge in [0.1, 0.15) is 17.3 Å². The van der Waals surface area contributed by atoms with Gasteiger partial charge in [-0.25, -0.2) is 4.39 Å². The Labute approximate surface area is 918 Å². The third kappa shape index (κ3) is 37.3. The van der Waals surface area contributed by atoms with Gasteiger partial charge in [0, 0.05) is 80.9 Å². The fraction of sp³-hybridized carbons (Fsp3) is 0.323. The topological polar surface area (TPSA) is 98.5 Å². The Kier molecular flexibility index (Phi) is 48.8. The predicted octanol–water partition coefficient (Wildman–Crippen LogP) is 9.98. The van der Waals surface area contributed by atoms with Crippen molar-refractivity contribution in [2.45, 2.75) is 225 Å². The summed E-state index contributed by atoms with van der Waals surface area (Å²) in [6, 6.07) is 104. The van der Waals surface area contributed by atoms with E-state index >= 15 is 0 Å². The Morgan fingerprint density at radius 2 is 0.631 bits per heavy atom. The molecule has 0 spiro atoms. The fourth-order valence-corrected chi connectivity index (χ4v) is 35.7. The average Bonchev–Trinajstić information content (AvgIpc) is 0.756. The first kappa shape index (κ1) is 119. The number of rotatable bonds is 27. The Balaban J connectivity index is 0.000000202. The van der Waals surface area contributed by atoms with E-state index in [-0.39, 0.29) is 155 Å². The summed E-state index contributed by atoms with van der Waals surface area (Å²) in [6.45, 7) is 55.3. The van der Waals surface area contributed by atoms with E-state index in [1.165, 1.54) is 97.4 Å². The van der Waals surface area contributed by atoms with Gasteiger partial charge in [-0.1, -0.05) is 321 Å². The van der Waals surface area contributed by atoms with Crippen molar-refractivity contribution < 1.29 is 186 Å². The number of hydrogen-bond donors (Lipinski definition) is 0. The van der Waals surface area contributed by atoms with Crippen molar-refractivity contribution in [2.24, 2.45) is 0 Å². The van der Waals surface area contributed by atoms with Gasteiger partial charge in [0.2, 0.25) is 10.7 Å². The maximum atomic E-state index is 13.5. The molecule has 0 aromatic heterocycles. The Morgan fingerprint density at radius 1 is 0.312 bits per heavy atom. The molecule has 0 aliphatic carbocycles. The van der Waals surface area contributed by atoms with Crippen LogP contribution in [0.1, 0.15) is 235 Å². The zero-order chi connectivity index (χ0) is 103. The summed E-state index contributed by atoms with van der Waals surface area (Å²) in [5.74, 6) is 5.19. The summed E-state index contributed by atoms with van der Waals surface area (Å²) in [4.78, 5) is 10.6. The van der Waals surface area contributed by atoms with Crippen LogP contribution in [0, 0.1) is 86.7 Å². The number of benzene rings is 14. The largest absolute Gasteiger partial charge is 0.496 e. The lowest BCUT2D eigenvalue weighted by Crippen LogP contribution is -3.62. The zero-order valence-electron chi connectivity index (χ0n) is 88.4. The molecule has 14 aromatic carbocycles. The van der Waals surface area contributed by atoms with Crippen molar-refractivity contribution >= 4 is 5.69 Å². The lowest BCUT2D eigenvalue weighted by Gasteiger charge is -2.29. The summed E-state index contributed by atoms with van der Waals surface area (Å²) < 4.78 is 64.6. The molecule has 0 radical (unpaired) electrons. The van der Waals surface area contributed by atoms with Crippen LogP contribution in [-0.4, -0.2) is 47.6 Å². The highest BCUT2D eigenvalue weighted by Gasteiger charge is 2.39. The molecule has 0 heterocycles. The molecule has 0 aliphatic rings. The van der Waals surface area contributed by atoms with Gasteiger partial charge in [0.25, 0.3) is 10.7 Å². The Bertz CT molecular complexity index is 5970. The van der Waals surface area contributed by atoms with Crippen molar-refractivity contribution in [3.63, 3.8) is 0 Å². The normalized spacial score (nSPS) is 11.2. The molecule has 0 atom stereocenters. The average molecular weight is 2690 g/mol. The number of aryl methyl sites for hydroxylation is 6. The second-order valence-corrected chi connectivity index (χ2v) is 59.0. The van der Waals surface area contributed by atoms with Crippen LogP contribution in [0.2, 0.25) is 0 Å². The summed E-state index contributed by atoms with van der Waals surface area (Å²) in [5, 5.41) is 11.2. The third-order valence-corrected chi connectivity index (χ3v) is 44.3. The number of halogens is 8. The molecule has 0 bridgehead atoms. The van der Waals surface area contributed by atoms with E-state index in [4.69, 9.17) is 28.4 Å². The SMILES string of the molecule is CC(C)(C)c1cc(C(C)(C)C)c([I+]c2ccccc2)c(C(C)(C)C)c1.CC(C)(C)c1ccc([I+]c2ccccc2)cc1.CC(C)c1cc(C(C)C)c([I+]c2ccccc2)c(C(C)C)c1.CCc1cc(CC)c([I+]c2ccccc2)c(CC)c1.COc1cc(OC)c([I+]c2cc(F)ccc2[N+](=O)[O-])c(OC)c1.COc1cc(OC)c([I+]c2ccccc2)c(OC)c1.Cc1cc(C)c([I+]c2ccccc2)c(C)c1. The summed E-state index contributed by atoms with van der Waals surface area (Å²) in [5.41, 5.74) is 20.2. The minimum atomic E-state index is -1.10. The minimum absolute atomic E-state index is 0.0208. The molecular weight excluding hydrogens is 2540 g/mol. The van der Waals surface area contributed by atoms with Gasteiger partial charge >= 0.3 is 154 Å². The maximum Gasteiger partial charge on any atom is 0.373 e. The van der Waals surface area contributed by atoms with Crippen molar-refractivity contribution in [3.05, 3.63) is 435 Å². The highest BCUT2D eigenvalue weighted by atomic mass is 127. The summed E-state index contributed by atoms with van der Waals surface area (Å²) in [6.07, 6.45) is 3.45. The van der Waals surface area contributed by atoms with Gasteiger partial charge in [-0.3, -0.25) is 10.1 Å². The van der Waals surface area contributed by atoms with E-state index in [9.17, 15) is 14.5 Å². The van der Waals surface area contributed by atoms with Gasteiger partial charge in [-0.2, -0.15) is 0 Å². The molecule has 17 heteroatoms. The quantitative estimate of drug-likeness (QED) is 0.0285. The van der Waals surface area contributed by atoms with Gasteiger partial charge in [0.15, 0.2) is 51.6 Å². The molecule has 9 nitrogen and oxygen atoms in total. The van der Waals surface area contributed by atoms with Gasteiger partial charge in [-0.15, -0.1) is 0 Å². The van der Waals surface area contributed by atoms with Crippen LogP contribution in [0.3, 0.4) is 0 Å². The first-order chi connectivity index (χ1) is 67.0. The van der Waals surface area contributed by atoms with Crippen molar-refractivity contribution in [3.8, 4) is 34.5 Å². The van der Waals surface area contributed by atoms with Crippen molar-refractivity contribution in [1.29, 1.82) is 0 Å². The van der Waals surface area contributed by atoms with E-state index in [2.05, 4.69) is 415 Å². The minimum Gasteiger partial charge on any atom is -0.496 e. The van der Waals surface area contributed by atoms with Crippen LogP contribution >= 0.6 is 0 Å². The van der Waals surface area contributed by atoms with Crippen LogP contribution < -0.4 is 177 Å². The van der Waals surface area contributed by atoms with Crippen LogP contribution in [-0.2, 0) is 40.9 Å². The van der Waals surface area contributed by atoms with Crippen molar-refractivity contribution in [1.82, 2.24) is 0 Å². The van der Waals surface area contributed by atoms with Crippen LogP contribution in [0.15, 0.2) is 297 Å². The molecule has 0 N–H and O–H groups in total. The number of nitrogens with zero attached hydrogens (tertiary/aromatic N) is 1. The molecule has 0 saturated heterocycles. The van der Waals surface area contributed by atoms with Crippen LogP contribution in [0.5, 0.6) is 34.5 Å². The molecule has 14 rings (SSSR count). The Hall–Kier alpha value is -7.68. The molecule has 0 unspecified atom stereocenters. The Morgan fingerprint density at radius 3 is 0.936 bits per heavy atom.